The molecule has 2 aromatic rings. The monoisotopic (exact) mass is 235 g/mol. The van der Waals surface area contributed by atoms with Crippen LogP contribution in [0, 0.1) is 0 Å². The molecule has 4 nitrogen and oxygen atoms in total. The fourth-order valence-electron chi connectivity index (χ4n) is 2.11. The van der Waals surface area contributed by atoms with Gasteiger partial charge in [0.05, 0.1) is 0 Å². The van der Waals surface area contributed by atoms with Crippen molar-refractivity contribution in [1.82, 2.24) is 9.38 Å². The third kappa shape index (κ3) is 1.28. The summed E-state index contributed by atoms with van der Waals surface area (Å²) in [5.41, 5.74) is 0.672. The van der Waals surface area contributed by atoms with Crippen molar-refractivity contribution in [3.63, 3.8) is 0 Å². The first-order chi connectivity index (χ1) is 7.81. The first-order valence-electron chi connectivity index (χ1n) is 5.45. The van der Waals surface area contributed by atoms with E-state index >= 15 is 0 Å². The van der Waals surface area contributed by atoms with Crippen LogP contribution in [0.1, 0.15) is 29.8 Å². The number of fused-ring (bicyclic) bond motifs is 1. The number of rotatable bonds is 3. The average molecular weight is 235 g/mol. The molecule has 1 aliphatic carbocycles. The largest absolute Gasteiger partial charge is 0.355 e. The number of carbonyl (C=O) groups is 1. The SMILES string of the molecule is CN(c1nc2sccn2c1C=O)C1CCC1. The van der Waals surface area contributed by atoms with Crippen LogP contribution < -0.4 is 4.90 Å². The minimum absolute atomic E-state index is 0.559. The molecular weight excluding hydrogens is 222 g/mol. The van der Waals surface area contributed by atoms with Gasteiger partial charge in [0.2, 0.25) is 0 Å². The molecule has 0 spiro atoms. The summed E-state index contributed by atoms with van der Waals surface area (Å²) in [5, 5.41) is 1.95. The number of nitrogens with zero attached hydrogens (tertiary/aromatic N) is 3. The lowest BCUT2D eigenvalue weighted by Gasteiger charge is -2.35. The topological polar surface area (TPSA) is 37.6 Å². The molecule has 1 fully saturated rings. The van der Waals surface area contributed by atoms with E-state index in [-0.39, 0.29) is 0 Å². The molecule has 0 amide bonds. The van der Waals surface area contributed by atoms with E-state index < -0.39 is 0 Å². The number of hydrogen-bond acceptors (Lipinski definition) is 4. The predicted octanol–water partition coefficient (Wildman–Crippen LogP) is 2.20. The van der Waals surface area contributed by atoms with Gasteiger partial charge in [-0.3, -0.25) is 9.20 Å². The number of anilines is 1. The molecule has 5 heteroatoms. The zero-order valence-corrected chi connectivity index (χ0v) is 9.91. The summed E-state index contributed by atoms with van der Waals surface area (Å²) in [6, 6.07) is 0.559. The smallest absolute Gasteiger partial charge is 0.196 e. The minimum Gasteiger partial charge on any atom is -0.355 e. The van der Waals surface area contributed by atoms with Crippen LogP contribution in [0.3, 0.4) is 0 Å². The molecule has 0 N–H and O–H groups in total. The molecule has 0 radical (unpaired) electrons. The molecule has 84 valence electrons. The van der Waals surface area contributed by atoms with Crippen LogP contribution >= 0.6 is 11.3 Å². The number of aromatic nitrogens is 2. The van der Waals surface area contributed by atoms with E-state index in [1.54, 1.807) is 11.3 Å². The normalized spacial score (nSPS) is 16.3. The lowest BCUT2D eigenvalue weighted by molar-refractivity contribution is 0.111. The van der Waals surface area contributed by atoms with E-state index in [0.29, 0.717) is 11.7 Å². The Hall–Kier alpha value is -1.36. The highest BCUT2D eigenvalue weighted by molar-refractivity contribution is 7.15. The molecule has 1 saturated carbocycles. The summed E-state index contributed by atoms with van der Waals surface area (Å²) >= 11 is 1.56. The maximum Gasteiger partial charge on any atom is 0.196 e. The molecule has 16 heavy (non-hydrogen) atoms. The lowest BCUT2D eigenvalue weighted by Crippen LogP contribution is -2.37. The van der Waals surface area contributed by atoms with Crippen molar-refractivity contribution < 1.29 is 4.79 Å². The lowest BCUT2D eigenvalue weighted by atomic mass is 9.92. The Balaban J connectivity index is 2.07. The Kier molecular flexibility index (Phi) is 2.21. The summed E-state index contributed by atoms with van der Waals surface area (Å²) in [6.07, 6.45) is 6.50. The number of aldehydes is 1. The van der Waals surface area contributed by atoms with Gasteiger partial charge in [-0.1, -0.05) is 0 Å². The zero-order chi connectivity index (χ0) is 11.1. The van der Waals surface area contributed by atoms with Crippen LogP contribution in [0.5, 0.6) is 0 Å². The molecule has 0 aliphatic heterocycles. The standard InChI is InChI=1S/C11H13N3OS/c1-13(8-3-2-4-8)10-9(7-15)14-5-6-16-11(14)12-10/h5-8H,2-4H2,1H3. The molecule has 0 saturated heterocycles. The maximum atomic E-state index is 11.2. The number of carbonyl (C=O) groups excluding carboxylic acids is 1. The van der Waals surface area contributed by atoms with Crippen molar-refractivity contribution >= 4 is 28.4 Å². The predicted molar refractivity (Wildman–Crippen MR) is 64.5 cm³/mol. The maximum absolute atomic E-state index is 11.2. The van der Waals surface area contributed by atoms with E-state index in [0.717, 1.165) is 17.1 Å². The van der Waals surface area contributed by atoms with Crippen LogP contribution in [-0.2, 0) is 0 Å². The van der Waals surface area contributed by atoms with Crippen molar-refractivity contribution in [2.24, 2.45) is 0 Å². The van der Waals surface area contributed by atoms with Gasteiger partial charge in [-0.05, 0) is 19.3 Å². The molecule has 1 aliphatic rings. The van der Waals surface area contributed by atoms with Crippen LogP contribution in [0.25, 0.3) is 4.96 Å². The van der Waals surface area contributed by atoms with Crippen LogP contribution in [0.4, 0.5) is 5.82 Å². The second-order valence-electron chi connectivity index (χ2n) is 4.19. The Morgan fingerprint density at radius 3 is 3.06 bits per heavy atom. The van der Waals surface area contributed by atoms with Gasteiger partial charge in [-0.2, -0.15) is 0 Å². The molecule has 0 aromatic carbocycles. The Morgan fingerprint density at radius 1 is 1.62 bits per heavy atom. The molecular formula is C11H13N3OS. The second kappa shape index (κ2) is 3.59. The Morgan fingerprint density at radius 2 is 2.44 bits per heavy atom. The fourth-order valence-corrected chi connectivity index (χ4v) is 2.82. The minimum atomic E-state index is 0.559. The first kappa shape index (κ1) is 9.84. The van der Waals surface area contributed by atoms with Crippen molar-refractivity contribution in [3.8, 4) is 0 Å². The molecule has 2 aromatic heterocycles. The number of imidazole rings is 1. The van der Waals surface area contributed by atoms with Gasteiger partial charge in [0.15, 0.2) is 17.1 Å². The number of thiazole rings is 1. The highest BCUT2D eigenvalue weighted by atomic mass is 32.1. The van der Waals surface area contributed by atoms with E-state index in [1.807, 2.05) is 23.0 Å². The van der Waals surface area contributed by atoms with Crippen LogP contribution in [0.2, 0.25) is 0 Å². The summed E-state index contributed by atoms with van der Waals surface area (Å²) in [6.45, 7) is 0. The van der Waals surface area contributed by atoms with Gasteiger partial charge in [0, 0.05) is 24.7 Å². The first-order valence-corrected chi connectivity index (χ1v) is 6.33. The fraction of sp³-hybridized carbons (Fsp3) is 0.455. The van der Waals surface area contributed by atoms with Crippen molar-refractivity contribution in [2.45, 2.75) is 25.3 Å². The van der Waals surface area contributed by atoms with Gasteiger partial charge in [-0.15, -0.1) is 11.3 Å². The van der Waals surface area contributed by atoms with Gasteiger partial charge >= 0.3 is 0 Å². The van der Waals surface area contributed by atoms with Crippen LogP contribution in [0.15, 0.2) is 11.6 Å². The third-order valence-corrected chi connectivity index (χ3v) is 4.10. The summed E-state index contributed by atoms with van der Waals surface area (Å²) in [5.74, 6) is 0.826. The Labute approximate surface area is 97.5 Å². The van der Waals surface area contributed by atoms with Gasteiger partial charge in [-0.25, -0.2) is 4.98 Å². The van der Waals surface area contributed by atoms with Crippen LogP contribution in [-0.4, -0.2) is 28.8 Å². The third-order valence-electron chi connectivity index (χ3n) is 3.35. The van der Waals surface area contributed by atoms with Crippen molar-refractivity contribution in [3.05, 3.63) is 17.3 Å². The summed E-state index contributed by atoms with van der Waals surface area (Å²) in [4.78, 5) is 18.7. The molecule has 0 unspecified atom stereocenters. The quantitative estimate of drug-likeness (QED) is 0.765. The zero-order valence-electron chi connectivity index (χ0n) is 9.09. The van der Waals surface area contributed by atoms with Gasteiger partial charge < -0.3 is 4.90 Å². The molecule has 3 rings (SSSR count). The van der Waals surface area contributed by atoms with Gasteiger partial charge in [0.25, 0.3) is 0 Å². The Bertz CT molecular complexity index is 526. The van der Waals surface area contributed by atoms with E-state index in [4.69, 9.17) is 0 Å². The number of hydrogen-bond donors (Lipinski definition) is 0. The highest BCUT2D eigenvalue weighted by Gasteiger charge is 2.26. The van der Waals surface area contributed by atoms with Crippen molar-refractivity contribution in [2.75, 3.05) is 11.9 Å². The summed E-state index contributed by atoms with van der Waals surface area (Å²) in [7, 11) is 2.03. The van der Waals surface area contributed by atoms with E-state index in [2.05, 4.69) is 9.88 Å². The van der Waals surface area contributed by atoms with E-state index in [1.165, 1.54) is 19.3 Å². The summed E-state index contributed by atoms with van der Waals surface area (Å²) < 4.78 is 1.86. The second-order valence-corrected chi connectivity index (χ2v) is 5.06. The molecule has 2 heterocycles. The van der Waals surface area contributed by atoms with E-state index in [9.17, 15) is 4.79 Å². The molecule has 0 atom stereocenters. The van der Waals surface area contributed by atoms with Gasteiger partial charge in [0.1, 0.15) is 5.69 Å². The highest BCUT2D eigenvalue weighted by Crippen LogP contribution is 2.30. The molecule has 0 bridgehead atoms. The van der Waals surface area contributed by atoms with Crippen molar-refractivity contribution in [1.29, 1.82) is 0 Å². The average Bonchev–Trinajstić information content (AvgIpc) is 2.72.